The molecule has 13 heteroatoms. The maximum atomic E-state index is 13.5. The predicted octanol–water partition coefficient (Wildman–Crippen LogP) is 7.20. The summed E-state index contributed by atoms with van der Waals surface area (Å²) in [5.41, 5.74) is 2.51. The number of thioether (sulfide) groups is 2. The minimum atomic E-state index is -3.93. The lowest BCUT2D eigenvalue weighted by Gasteiger charge is -2.10. The number of nitrogens with one attached hydrogen (secondary N) is 2. The van der Waals surface area contributed by atoms with E-state index in [4.69, 9.17) is 0 Å². The first kappa shape index (κ1) is 29.3. The van der Waals surface area contributed by atoms with Gasteiger partial charge in [-0.05, 0) is 60.7 Å². The predicted molar refractivity (Wildman–Crippen MR) is 176 cm³/mol. The molecule has 0 unspecified atom stereocenters. The van der Waals surface area contributed by atoms with Gasteiger partial charge in [0, 0.05) is 11.4 Å². The first-order valence-corrected chi connectivity index (χ1v) is 17.9. The van der Waals surface area contributed by atoms with Crippen LogP contribution >= 0.6 is 46.2 Å². The number of thiazole rings is 2. The largest absolute Gasteiger partial charge is 0.325 e. The van der Waals surface area contributed by atoms with E-state index < -0.39 is 9.84 Å². The lowest BCUT2D eigenvalue weighted by atomic mass is 10.3. The van der Waals surface area contributed by atoms with Gasteiger partial charge in [-0.1, -0.05) is 59.9 Å². The zero-order valence-electron chi connectivity index (χ0n) is 22.2. The van der Waals surface area contributed by atoms with E-state index in [9.17, 15) is 18.0 Å². The van der Waals surface area contributed by atoms with Crippen molar-refractivity contribution in [3.63, 3.8) is 0 Å². The topological polar surface area (TPSA) is 118 Å². The van der Waals surface area contributed by atoms with E-state index in [-0.39, 0.29) is 33.1 Å². The third-order valence-electron chi connectivity index (χ3n) is 6.06. The lowest BCUT2D eigenvalue weighted by Crippen LogP contribution is -2.15. The molecule has 0 aliphatic rings. The Balaban J connectivity index is 1.07. The van der Waals surface area contributed by atoms with Crippen molar-refractivity contribution in [3.05, 3.63) is 97.1 Å². The second kappa shape index (κ2) is 12.9. The molecule has 43 heavy (non-hydrogen) atoms. The molecule has 2 N–H and O–H groups in total. The van der Waals surface area contributed by atoms with Crippen LogP contribution in [-0.4, -0.2) is 41.7 Å². The molecule has 2 amide bonds. The Bertz CT molecular complexity index is 1870. The highest BCUT2D eigenvalue weighted by atomic mass is 32.2. The number of hydrogen-bond donors (Lipinski definition) is 2. The number of fused-ring (bicyclic) bond motifs is 2. The van der Waals surface area contributed by atoms with Crippen molar-refractivity contribution in [1.29, 1.82) is 0 Å². The first-order valence-electron chi connectivity index (χ1n) is 12.9. The molecule has 216 valence electrons. The summed E-state index contributed by atoms with van der Waals surface area (Å²) >= 11 is 5.69. The Kier molecular flexibility index (Phi) is 8.77. The van der Waals surface area contributed by atoms with Gasteiger partial charge in [0.25, 0.3) is 0 Å². The van der Waals surface area contributed by atoms with Gasteiger partial charge >= 0.3 is 0 Å². The van der Waals surface area contributed by atoms with Crippen molar-refractivity contribution < 1.29 is 18.0 Å². The van der Waals surface area contributed by atoms with E-state index in [1.165, 1.54) is 70.5 Å². The monoisotopic (exact) mass is 662 g/mol. The average molecular weight is 663 g/mol. The number of benzene rings is 4. The molecule has 0 spiro atoms. The van der Waals surface area contributed by atoms with Crippen LogP contribution in [0, 0.1) is 0 Å². The SMILES string of the molecule is O=C(CSc1nc2ccccc2s1)Nc1cccc(S(=O)(=O)c2cccc(NC(=O)CSc3nc4ccccc4s3)c2)c1. The van der Waals surface area contributed by atoms with E-state index in [0.29, 0.717) is 11.4 Å². The van der Waals surface area contributed by atoms with Crippen LogP contribution < -0.4 is 10.6 Å². The number of hydrogen-bond acceptors (Lipinski definition) is 10. The van der Waals surface area contributed by atoms with Crippen LogP contribution in [0.25, 0.3) is 20.4 Å². The second-order valence-corrected chi connectivity index (χ2v) is 15.6. The quantitative estimate of drug-likeness (QED) is 0.148. The molecule has 2 heterocycles. The standard InChI is InChI=1S/C30H22N4O4S5/c35-27(17-39-29-33-23-11-1-3-13-25(23)41-29)31-19-7-5-9-21(15-19)43(37,38)22-10-6-8-20(16-22)32-28(36)18-40-30-34-24-12-2-4-14-26(24)42-30/h1-16H,17-18H2,(H,31,35)(H,32,36). The Morgan fingerprint density at radius 1 is 0.628 bits per heavy atom. The van der Waals surface area contributed by atoms with Crippen LogP contribution in [0.1, 0.15) is 0 Å². The molecule has 0 aliphatic carbocycles. The number of amides is 2. The molecular formula is C30H22N4O4S5. The fourth-order valence-electron chi connectivity index (χ4n) is 4.09. The summed E-state index contributed by atoms with van der Waals surface area (Å²) in [4.78, 5) is 34.3. The number of para-hydroxylation sites is 2. The molecule has 0 atom stereocenters. The van der Waals surface area contributed by atoms with Gasteiger partial charge in [-0.15, -0.1) is 22.7 Å². The molecule has 4 aromatic carbocycles. The van der Waals surface area contributed by atoms with Crippen LogP contribution in [0.15, 0.2) is 116 Å². The van der Waals surface area contributed by atoms with Crippen LogP contribution in [0.3, 0.4) is 0 Å². The Labute approximate surface area is 263 Å². The number of sulfone groups is 1. The fourth-order valence-corrected chi connectivity index (χ4v) is 9.18. The van der Waals surface area contributed by atoms with Crippen LogP contribution in [0.2, 0.25) is 0 Å². The smallest absolute Gasteiger partial charge is 0.234 e. The van der Waals surface area contributed by atoms with Crippen molar-refractivity contribution in [3.8, 4) is 0 Å². The summed E-state index contributed by atoms with van der Waals surface area (Å²) in [6.45, 7) is 0. The summed E-state index contributed by atoms with van der Waals surface area (Å²) in [5, 5.41) is 5.54. The van der Waals surface area contributed by atoms with Gasteiger partial charge in [-0.25, -0.2) is 18.4 Å². The number of nitrogens with zero attached hydrogens (tertiary/aromatic N) is 2. The Morgan fingerprint density at radius 2 is 1.07 bits per heavy atom. The van der Waals surface area contributed by atoms with Crippen molar-refractivity contribution in [2.24, 2.45) is 0 Å². The summed E-state index contributed by atoms with van der Waals surface area (Å²) in [6, 6.07) is 27.8. The summed E-state index contributed by atoms with van der Waals surface area (Å²) in [6.07, 6.45) is 0. The van der Waals surface area contributed by atoms with Gasteiger partial charge in [-0.2, -0.15) is 0 Å². The molecule has 0 aliphatic heterocycles. The number of aromatic nitrogens is 2. The number of carbonyl (C=O) groups is 2. The van der Waals surface area contributed by atoms with Gasteiger partial charge in [0.05, 0.1) is 41.7 Å². The molecule has 8 nitrogen and oxygen atoms in total. The van der Waals surface area contributed by atoms with Crippen molar-refractivity contribution >= 4 is 99.7 Å². The van der Waals surface area contributed by atoms with E-state index in [0.717, 1.165) is 29.1 Å². The van der Waals surface area contributed by atoms with Gasteiger partial charge in [0.2, 0.25) is 21.7 Å². The summed E-state index contributed by atoms with van der Waals surface area (Å²) in [5.74, 6) is -0.273. The second-order valence-electron chi connectivity index (χ2n) is 9.13. The minimum Gasteiger partial charge on any atom is -0.325 e. The fraction of sp³-hybridized carbons (Fsp3) is 0.0667. The van der Waals surface area contributed by atoms with Crippen molar-refractivity contribution in [2.75, 3.05) is 22.1 Å². The maximum absolute atomic E-state index is 13.5. The number of rotatable bonds is 10. The zero-order chi connectivity index (χ0) is 29.8. The molecule has 2 aromatic heterocycles. The van der Waals surface area contributed by atoms with Gasteiger partial charge < -0.3 is 10.6 Å². The average Bonchev–Trinajstić information content (AvgIpc) is 3.63. The normalized spacial score (nSPS) is 11.5. The van der Waals surface area contributed by atoms with E-state index in [2.05, 4.69) is 20.6 Å². The molecule has 0 fully saturated rings. The minimum absolute atomic E-state index is 0.0268. The van der Waals surface area contributed by atoms with E-state index >= 15 is 0 Å². The molecule has 0 radical (unpaired) electrons. The van der Waals surface area contributed by atoms with Gasteiger partial charge in [0.15, 0.2) is 8.68 Å². The summed E-state index contributed by atoms with van der Waals surface area (Å²) < 4.78 is 30.6. The van der Waals surface area contributed by atoms with Crippen molar-refractivity contribution in [2.45, 2.75) is 18.5 Å². The molecular weight excluding hydrogens is 641 g/mol. The molecule has 6 rings (SSSR count). The first-order chi connectivity index (χ1) is 20.8. The molecule has 0 saturated heterocycles. The highest BCUT2D eigenvalue weighted by Gasteiger charge is 2.20. The molecule has 0 bridgehead atoms. The van der Waals surface area contributed by atoms with Crippen LogP contribution in [0.4, 0.5) is 11.4 Å². The summed E-state index contributed by atoms with van der Waals surface area (Å²) in [7, 11) is -3.93. The van der Waals surface area contributed by atoms with Crippen LogP contribution in [0.5, 0.6) is 0 Å². The molecule has 0 saturated carbocycles. The van der Waals surface area contributed by atoms with Gasteiger partial charge in [0.1, 0.15) is 0 Å². The highest BCUT2D eigenvalue weighted by molar-refractivity contribution is 8.02. The number of anilines is 2. The Morgan fingerprint density at radius 3 is 1.51 bits per heavy atom. The lowest BCUT2D eigenvalue weighted by molar-refractivity contribution is -0.114. The highest BCUT2D eigenvalue weighted by Crippen LogP contribution is 2.31. The van der Waals surface area contributed by atoms with E-state index in [1.807, 2.05) is 48.5 Å². The third kappa shape index (κ3) is 7.08. The van der Waals surface area contributed by atoms with Crippen molar-refractivity contribution in [1.82, 2.24) is 9.97 Å². The van der Waals surface area contributed by atoms with Gasteiger partial charge in [-0.3, -0.25) is 9.59 Å². The number of carbonyl (C=O) groups excluding carboxylic acids is 2. The third-order valence-corrected chi connectivity index (χ3v) is 12.2. The van der Waals surface area contributed by atoms with Crippen LogP contribution in [-0.2, 0) is 19.4 Å². The Hall–Kier alpha value is -3.75. The maximum Gasteiger partial charge on any atom is 0.234 e. The molecule has 6 aromatic rings. The van der Waals surface area contributed by atoms with E-state index in [1.54, 1.807) is 24.3 Å². The zero-order valence-corrected chi connectivity index (χ0v) is 26.3.